The highest BCUT2D eigenvalue weighted by atomic mass is 16.1. The first-order valence-electron chi connectivity index (χ1n) is 3.78. The van der Waals surface area contributed by atoms with E-state index >= 15 is 0 Å². The molecule has 1 aromatic carbocycles. The largest absolute Gasteiger partial charge is 0.397 e. The highest BCUT2D eigenvalue weighted by Gasteiger charge is 2.04. The second kappa shape index (κ2) is 3.84. The highest BCUT2D eigenvalue weighted by molar-refractivity contribution is 6.11. The van der Waals surface area contributed by atoms with Crippen molar-refractivity contribution in [3.63, 3.8) is 0 Å². The van der Waals surface area contributed by atoms with Crippen molar-refractivity contribution in [1.29, 1.82) is 0 Å². The van der Waals surface area contributed by atoms with Crippen LogP contribution in [-0.4, -0.2) is 20.2 Å². The van der Waals surface area contributed by atoms with Gasteiger partial charge in [0.05, 0.1) is 19.2 Å². The molecule has 0 saturated carbocycles. The summed E-state index contributed by atoms with van der Waals surface area (Å²) in [4.78, 5) is 11.2. The normalized spacial score (nSPS) is 9.54. The number of hydrogen-bond acceptors (Lipinski definition) is 3. The van der Waals surface area contributed by atoms with Gasteiger partial charge < -0.3 is 16.8 Å². The molecule has 0 aromatic heterocycles. The lowest BCUT2D eigenvalue weighted by molar-refractivity contribution is 0.0960. The van der Waals surface area contributed by atoms with E-state index in [4.69, 9.17) is 19.3 Å². The minimum atomic E-state index is -0.255. The number of rotatable bonds is 2. The Bertz CT molecular complexity index is 327. The van der Waals surface area contributed by atoms with Crippen molar-refractivity contribution in [3.05, 3.63) is 23.8 Å². The molecule has 13 heavy (non-hydrogen) atoms. The van der Waals surface area contributed by atoms with Gasteiger partial charge in [0, 0.05) is 5.56 Å². The summed E-state index contributed by atoms with van der Waals surface area (Å²) < 4.78 is 0. The number of carbonyl (C=O) groups excluding carboxylic acids is 1. The Kier molecular flexibility index (Phi) is 2.79. The summed E-state index contributed by atoms with van der Waals surface area (Å²) in [7, 11) is 5.15. The van der Waals surface area contributed by atoms with E-state index in [1.165, 1.54) is 6.07 Å². The van der Waals surface area contributed by atoms with E-state index in [2.05, 4.69) is 5.32 Å². The van der Waals surface area contributed by atoms with Crippen molar-refractivity contribution in [3.8, 4) is 0 Å². The number of benzene rings is 1. The minimum absolute atomic E-state index is 0.100. The van der Waals surface area contributed by atoms with Crippen LogP contribution in [0.5, 0.6) is 0 Å². The van der Waals surface area contributed by atoms with E-state index in [9.17, 15) is 4.79 Å². The number of carbonyl (C=O) groups is 1. The number of nitrogens with two attached hydrogens (primary N) is 2. The Hall–Kier alpha value is -1.65. The van der Waals surface area contributed by atoms with Crippen molar-refractivity contribution in [2.24, 2.45) is 0 Å². The van der Waals surface area contributed by atoms with Gasteiger partial charge in [-0.05, 0) is 24.6 Å². The van der Waals surface area contributed by atoms with Gasteiger partial charge in [-0.15, -0.1) is 0 Å². The van der Waals surface area contributed by atoms with Gasteiger partial charge in [-0.3, -0.25) is 4.79 Å². The first-order valence-corrected chi connectivity index (χ1v) is 3.78. The van der Waals surface area contributed by atoms with Crippen LogP contribution in [-0.2, 0) is 0 Å². The third-order valence-electron chi connectivity index (χ3n) is 1.61. The van der Waals surface area contributed by atoms with Crippen LogP contribution in [0.4, 0.5) is 11.4 Å². The van der Waals surface area contributed by atoms with E-state index in [1.807, 2.05) is 0 Å². The summed E-state index contributed by atoms with van der Waals surface area (Å²) >= 11 is 0. The number of anilines is 2. The summed E-state index contributed by atoms with van der Waals surface area (Å²) in [5, 5.41) is 2.45. The molecule has 66 valence electrons. The number of nitrogen functional groups attached to an aromatic ring is 2. The molecule has 1 amide bonds. The summed E-state index contributed by atoms with van der Waals surface area (Å²) in [6.45, 7) is 0. The van der Waals surface area contributed by atoms with Gasteiger partial charge in [0.2, 0.25) is 0 Å². The molecule has 0 heterocycles. The number of amides is 1. The molecule has 1 rings (SSSR count). The Morgan fingerprint density at radius 1 is 1.38 bits per heavy atom. The fraction of sp³-hybridized carbons (Fsp3) is 0.125. The zero-order valence-electron chi connectivity index (χ0n) is 7.08. The Labute approximate surface area is 77.7 Å². The number of hydrogen-bond donors (Lipinski definition) is 3. The smallest absolute Gasteiger partial charge is 0.250 e. The predicted molar refractivity (Wildman–Crippen MR) is 53.4 cm³/mol. The van der Waals surface area contributed by atoms with Crippen molar-refractivity contribution in [1.82, 2.24) is 5.32 Å². The lowest BCUT2D eigenvalue weighted by Gasteiger charge is -2.04. The molecule has 0 atom stereocenters. The molecule has 0 bridgehead atoms. The van der Waals surface area contributed by atoms with Crippen molar-refractivity contribution >= 4 is 25.1 Å². The molecule has 4 nitrogen and oxygen atoms in total. The average Bonchev–Trinajstić information content (AvgIpc) is 2.10. The zero-order valence-corrected chi connectivity index (χ0v) is 7.08. The SMILES string of the molecule is [B]CNC(=O)c1ccc(N)c(N)c1. The van der Waals surface area contributed by atoms with Crippen molar-refractivity contribution < 1.29 is 4.79 Å². The van der Waals surface area contributed by atoms with Gasteiger partial charge in [-0.2, -0.15) is 0 Å². The number of nitrogens with one attached hydrogen (secondary N) is 1. The van der Waals surface area contributed by atoms with Crippen LogP contribution in [0.2, 0.25) is 0 Å². The van der Waals surface area contributed by atoms with Crippen LogP contribution < -0.4 is 16.8 Å². The third kappa shape index (κ3) is 2.15. The Morgan fingerprint density at radius 2 is 2.08 bits per heavy atom. The topological polar surface area (TPSA) is 81.1 Å². The summed E-state index contributed by atoms with van der Waals surface area (Å²) in [6, 6.07) is 4.69. The summed E-state index contributed by atoms with van der Waals surface area (Å²) in [5.74, 6) is -0.255. The maximum Gasteiger partial charge on any atom is 0.250 e. The summed E-state index contributed by atoms with van der Waals surface area (Å²) in [5.41, 5.74) is 12.3. The van der Waals surface area contributed by atoms with Crippen molar-refractivity contribution in [2.45, 2.75) is 0 Å². The molecule has 0 unspecified atom stereocenters. The van der Waals surface area contributed by atoms with E-state index in [0.717, 1.165) is 0 Å². The molecule has 0 spiro atoms. The molecular formula is C8H10BN3O. The van der Waals surface area contributed by atoms with Gasteiger partial charge in [0.1, 0.15) is 0 Å². The lowest BCUT2D eigenvalue weighted by Crippen LogP contribution is -2.24. The molecule has 0 aliphatic heterocycles. The first kappa shape index (κ1) is 9.44. The molecule has 0 saturated heterocycles. The fourth-order valence-electron chi connectivity index (χ4n) is 0.911. The molecule has 0 fully saturated rings. The third-order valence-corrected chi connectivity index (χ3v) is 1.61. The van der Waals surface area contributed by atoms with Gasteiger partial charge in [0.15, 0.2) is 0 Å². The molecule has 2 radical (unpaired) electrons. The molecule has 5 N–H and O–H groups in total. The lowest BCUT2D eigenvalue weighted by atomic mass is 10.1. The van der Waals surface area contributed by atoms with Gasteiger partial charge in [-0.1, -0.05) is 0 Å². The molecule has 0 aliphatic rings. The van der Waals surface area contributed by atoms with Crippen LogP contribution >= 0.6 is 0 Å². The van der Waals surface area contributed by atoms with Crippen LogP contribution in [0, 0.1) is 0 Å². The average molecular weight is 175 g/mol. The van der Waals surface area contributed by atoms with Gasteiger partial charge in [0.25, 0.3) is 5.91 Å². The molecule has 5 heteroatoms. The monoisotopic (exact) mass is 175 g/mol. The second-order valence-corrected chi connectivity index (χ2v) is 2.55. The Morgan fingerprint density at radius 3 is 2.62 bits per heavy atom. The van der Waals surface area contributed by atoms with E-state index < -0.39 is 0 Å². The van der Waals surface area contributed by atoms with E-state index in [1.54, 1.807) is 12.1 Å². The highest BCUT2D eigenvalue weighted by Crippen LogP contribution is 2.15. The molecular weight excluding hydrogens is 165 g/mol. The van der Waals surface area contributed by atoms with Crippen LogP contribution in [0.3, 0.4) is 0 Å². The van der Waals surface area contributed by atoms with Crippen LogP contribution in [0.1, 0.15) is 10.4 Å². The second-order valence-electron chi connectivity index (χ2n) is 2.55. The fourth-order valence-corrected chi connectivity index (χ4v) is 0.911. The van der Waals surface area contributed by atoms with Crippen LogP contribution in [0.15, 0.2) is 18.2 Å². The van der Waals surface area contributed by atoms with Crippen LogP contribution in [0.25, 0.3) is 0 Å². The van der Waals surface area contributed by atoms with Gasteiger partial charge in [-0.25, -0.2) is 0 Å². The predicted octanol–water partition coefficient (Wildman–Crippen LogP) is -0.293. The maximum atomic E-state index is 11.2. The van der Waals surface area contributed by atoms with E-state index in [0.29, 0.717) is 16.9 Å². The van der Waals surface area contributed by atoms with Crippen molar-refractivity contribution in [2.75, 3.05) is 17.9 Å². The van der Waals surface area contributed by atoms with Gasteiger partial charge >= 0.3 is 0 Å². The first-order chi connectivity index (χ1) is 6.15. The minimum Gasteiger partial charge on any atom is -0.397 e. The Balaban J connectivity index is 2.90. The zero-order chi connectivity index (χ0) is 9.84. The van der Waals surface area contributed by atoms with E-state index in [-0.39, 0.29) is 12.4 Å². The standard InChI is InChI=1S/C8H10BN3O/c9-4-12-8(13)5-1-2-6(10)7(11)3-5/h1-3H,4,10-11H2,(H,12,13). The summed E-state index contributed by atoms with van der Waals surface area (Å²) in [6.07, 6.45) is 0.100. The maximum absolute atomic E-state index is 11.2. The molecule has 1 aromatic rings. The molecule has 0 aliphatic carbocycles. The quantitative estimate of drug-likeness (QED) is 0.426.